The van der Waals surface area contributed by atoms with Crippen LogP contribution >= 0.6 is 11.3 Å². The summed E-state index contributed by atoms with van der Waals surface area (Å²) in [6, 6.07) is 3.65. The lowest BCUT2D eigenvalue weighted by molar-refractivity contribution is -0.119. The second kappa shape index (κ2) is 4.49. The van der Waals surface area contributed by atoms with E-state index in [4.69, 9.17) is 0 Å². The van der Waals surface area contributed by atoms with E-state index < -0.39 is 0 Å². The third-order valence-electron chi connectivity index (χ3n) is 2.26. The number of thiophene rings is 1. The molecule has 1 aromatic heterocycles. The van der Waals surface area contributed by atoms with Gasteiger partial charge in [-0.1, -0.05) is 6.07 Å². The molecule has 2 rings (SSSR count). The lowest BCUT2D eigenvalue weighted by atomic mass is 10.2. The van der Waals surface area contributed by atoms with Crippen LogP contribution in [0, 0.1) is 0 Å². The van der Waals surface area contributed by atoms with Crippen LogP contribution in [-0.2, 0) is 4.79 Å². The molecule has 4 nitrogen and oxygen atoms in total. The number of hydrogen-bond acceptors (Lipinski definition) is 4. The van der Waals surface area contributed by atoms with Crippen LogP contribution < -0.4 is 10.6 Å². The Kier molecular flexibility index (Phi) is 3.05. The summed E-state index contributed by atoms with van der Waals surface area (Å²) in [5.74, 6) is -0.356. The lowest BCUT2D eigenvalue weighted by Gasteiger charge is -2.23. The quantitative estimate of drug-likeness (QED) is 0.593. The van der Waals surface area contributed by atoms with Crippen LogP contribution in [0.25, 0.3) is 0 Å². The summed E-state index contributed by atoms with van der Waals surface area (Å²) >= 11 is 1.37. The van der Waals surface area contributed by atoms with Crippen LogP contribution in [-0.4, -0.2) is 24.3 Å². The van der Waals surface area contributed by atoms with Crippen molar-refractivity contribution in [3.8, 4) is 0 Å². The molecule has 2 N–H and O–H groups in total. The van der Waals surface area contributed by atoms with Gasteiger partial charge in [0, 0.05) is 18.7 Å². The van der Waals surface area contributed by atoms with Crippen molar-refractivity contribution < 1.29 is 9.59 Å². The number of rotatable bonds is 2. The normalized spacial score (nSPS) is 22.7. The average molecular weight is 236 g/mol. The molecule has 1 aliphatic rings. The van der Waals surface area contributed by atoms with E-state index in [0.29, 0.717) is 17.1 Å². The van der Waals surface area contributed by atoms with Crippen LogP contribution in [0.3, 0.4) is 0 Å². The van der Waals surface area contributed by atoms with Crippen molar-refractivity contribution in [2.24, 2.45) is 0 Å². The summed E-state index contributed by atoms with van der Waals surface area (Å²) in [5, 5.41) is 7.54. The molecule has 1 saturated heterocycles. The molecule has 0 unspecified atom stereocenters. The van der Waals surface area contributed by atoms with Crippen LogP contribution in [0.1, 0.15) is 16.6 Å². The maximum Gasteiger partial charge on any atom is 0.267 e. The Morgan fingerprint density at radius 2 is 2.44 bits per heavy atom. The summed E-state index contributed by atoms with van der Waals surface area (Å²) in [6.07, 6.45) is 1.35. The predicted octanol–water partition coefficient (Wildman–Crippen LogP) is 0.923. The third-order valence-corrected chi connectivity index (χ3v) is 3.14. The fourth-order valence-corrected chi connectivity index (χ4v) is 2.07. The predicted molar refractivity (Wildman–Crippen MR) is 62.3 cm³/mol. The van der Waals surface area contributed by atoms with E-state index in [0.717, 1.165) is 0 Å². The molecule has 0 saturated carbocycles. The fourth-order valence-electron chi connectivity index (χ4n) is 1.43. The second-order valence-corrected chi connectivity index (χ2v) is 4.60. The van der Waals surface area contributed by atoms with Gasteiger partial charge < -0.3 is 10.6 Å². The Hall–Kier alpha value is -1.62. The van der Waals surface area contributed by atoms with Crippen molar-refractivity contribution >= 4 is 23.0 Å². The molecule has 84 valence electrons. The molecule has 0 aliphatic carbocycles. The van der Waals surface area contributed by atoms with Crippen molar-refractivity contribution in [1.82, 2.24) is 10.6 Å². The van der Waals surface area contributed by atoms with Crippen molar-refractivity contribution in [3.63, 3.8) is 0 Å². The monoisotopic (exact) mass is 236 g/mol. The molecule has 5 heteroatoms. The summed E-state index contributed by atoms with van der Waals surface area (Å²) < 4.78 is 0. The standard InChI is InChI=1S/C11H12N2O2S/c1-7-6-12-8(11(15)13-7)5-9(14)10-3-2-4-16-10/h2-5,7,12H,6H2,1H3,(H,13,15)/b8-5-/t7-/m0/s1. The summed E-state index contributed by atoms with van der Waals surface area (Å²) in [5.41, 5.74) is 0.344. The van der Waals surface area contributed by atoms with Gasteiger partial charge in [0.15, 0.2) is 5.78 Å². The minimum absolute atomic E-state index is 0.0986. The number of allylic oxidation sites excluding steroid dienone is 1. The van der Waals surface area contributed by atoms with Gasteiger partial charge in [0.25, 0.3) is 5.91 Å². The Balaban J connectivity index is 2.13. The van der Waals surface area contributed by atoms with Gasteiger partial charge in [-0.3, -0.25) is 9.59 Å². The first kappa shape index (κ1) is 10.9. The van der Waals surface area contributed by atoms with Crippen molar-refractivity contribution in [1.29, 1.82) is 0 Å². The second-order valence-electron chi connectivity index (χ2n) is 3.65. The van der Waals surface area contributed by atoms with Gasteiger partial charge in [-0.2, -0.15) is 0 Å². The smallest absolute Gasteiger partial charge is 0.267 e. The molecule has 1 aliphatic heterocycles. The molecule has 1 amide bonds. The van der Waals surface area contributed by atoms with Crippen LogP contribution in [0.2, 0.25) is 0 Å². The zero-order valence-corrected chi connectivity index (χ0v) is 9.64. The number of ketones is 1. The van der Waals surface area contributed by atoms with Gasteiger partial charge in [-0.05, 0) is 18.4 Å². The first-order chi connectivity index (χ1) is 7.66. The van der Waals surface area contributed by atoms with Crippen LogP contribution in [0.15, 0.2) is 29.3 Å². The number of nitrogens with one attached hydrogen (secondary N) is 2. The third kappa shape index (κ3) is 2.30. The van der Waals surface area contributed by atoms with Gasteiger partial charge in [0.1, 0.15) is 5.70 Å². The van der Waals surface area contributed by atoms with Crippen molar-refractivity contribution in [2.75, 3.05) is 6.54 Å². The van der Waals surface area contributed by atoms with E-state index in [-0.39, 0.29) is 17.7 Å². The Labute approximate surface area is 97.4 Å². The summed E-state index contributed by atoms with van der Waals surface area (Å²) in [4.78, 5) is 23.9. The van der Waals surface area contributed by atoms with Crippen molar-refractivity contribution in [2.45, 2.75) is 13.0 Å². The van der Waals surface area contributed by atoms with Gasteiger partial charge >= 0.3 is 0 Å². The van der Waals surface area contributed by atoms with Crippen LogP contribution in [0.5, 0.6) is 0 Å². The number of carbonyl (C=O) groups excluding carboxylic acids is 2. The Morgan fingerprint density at radius 1 is 1.62 bits per heavy atom. The van der Waals surface area contributed by atoms with Gasteiger partial charge in [-0.25, -0.2) is 0 Å². The largest absolute Gasteiger partial charge is 0.378 e. The zero-order valence-electron chi connectivity index (χ0n) is 8.82. The minimum atomic E-state index is -0.219. The molecular weight excluding hydrogens is 224 g/mol. The highest BCUT2D eigenvalue weighted by Crippen LogP contribution is 2.11. The molecular formula is C11H12N2O2S. The van der Waals surface area contributed by atoms with E-state index in [2.05, 4.69) is 10.6 Å². The minimum Gasteiger partial charge on any atom is -0.378 e. The van der Waals surface area contributed by atoms with Crippen LogP contribution in [0.4, 0.5) is 0 Å². The first-order valence-electron chi connectivity index (χ1n) is 5.01. The highest BCUT2D eigenvalue weighted by atomic mass is 32.1. The number of carbonyl (C=O) groups is 2. The van der Waals surface area contributed by atoms with E-state index in [1.54, 1.807) is 6.07 Å². The molecule has 16 heavy (non-hydrogen) atoms. The fraction of sp³-hybridized carbons (Fsp3) is 0.273. The highest BCUT2D eigenvalue weighted by molar-refractivity contribution is 7.12. The maximum atomic E-state index is 11.7. The molecule has 0 spiro atoms. The van der Waals surface area contributed by atoms with Crippen molar-refractivity contribution in [3.05, 3.63) is 34.2 Å². The Morgan fingerprint density at radius 3 is 3.06 bits per heavy atom. The van der Waals surface area contributed by atoms with E-state index in [1.165, 1.54) is 17.4 Å². The molecule has 2 heterocycles. The van der Waals surface area contributed by atoms with E-state index in [1.807, 2.05) is 18.4 Å². The first-order valence-corrected chi connectivity index (χ1v) is 5.89. The topological polar surface area (TPSA) is 58.2 Å². The van der Waals surface area contributed by atoms with E-state index in [9.17, 15) is 9.59 Å². The van der Waals surface area contributed by atoms with Gasteiger partial charge in [0.2, 0.25) is 0 Å². The van der Waals surface area contributed by atoms with Gasteiger partial charge in [-0.15, -0.1) is 11.3 Å². The summed E-state index contributed by atoms with van der Waals surface area (Å²) in [6.45, 7) is 2.55. The molecule has 0 bridgehead atoms. The SMILES string of the molecule is C[C@H]1CN/C(=C\C(=O)c2cccs2)C(=O)N1. The number of piperazine rings is 1. The molecule has 1 fully saturated rings. The zero-order chi connectivity index (χ0) is 11.5. The highest BCUT2D eigenvalue weighted by Gasteiger charge is 2.19. The Bertz CT molecular complexity index is 437. The maximum absolute atomic E-state index is 11.7. The summed E-state index contributed by atoms with van der Waals surface area (Å²) in [7, 11) is 0. The van der Waals surface area contributed by atoms with Gasteiger partial charge in [0.05, 0.1) is 4.88 Å². The number of amides is 1. The average Bonchev–Trinajstić information content (AvgIpc) is 2.75. The lowest BCUT2D eigenvalue weighted by Crippen LogP contribution is -2.49. The molecule has 0 aromatic carbocycles. The molecule has 0 radical (unpaired) electrons. The number of hydrogen-bond donors (Lipinski definition) is 2. The molecule has 1 aromatic rings. The molecule has 1 atom stereocenters. The van der Waals surface area contributed by atoms with E-state index >= 15 is 0 Å².